The summed E-state index contributed by atoms with van der Waals surface area (Å²) in [6.45, 7) is 4.32. The van der Waals surface area contributed by atoms with E-state index < -0.39 is 16.4 Å². The van der Waals surface area contributed by atoms with Gasteiger partial charge in [-0.25, -0.2) is 0 Å². The Morgan fingerprint density at radius 2 is 2.00 bits per heavy atom. The van der Waals surface area contributed by atoms with Gasteiger partial charge in [0.15, 0.2) is 5.60 Å². The standard InChI is InChI=1S/C17H19N3O5/c1-11-7-8-13(9-14(11)20(24)25)18-16(22)17(3,23)10-19-12(2)5-4-6-15(19)21/h4-9,23H,10H2,1-3H3,(H,18,22)/t17-/m0/s1. The molecule has 1 aromatic carbocycles. The third kappa shape index (κ3) is 4.10. The minimum Gasteiger partial charge on any atom is -0.378 e. The normalized spacial score (nSPS) is 13.1. The van der Waals surface area contributed by atoms with Crippen molar-refractivity contribution in [2.24, 2.45) is 0 Å². The van der Waals surface area contributed by atoms with Crippen LogP contribution in [0, 0.1) is 24.0 Å². The Morgan fingerprint density at radius 1 is 1.32 bits per heavy atom. The lowest BCUT2D eigenvalue weighted by Gasteiger charge is -2.24. The van der Waals surface area contributed by atoms with Crippen molar-refractivity contribution >= 4 is 17.3 Å². The van der Waals surface area contributed by atoms with E-state index in [1.807, 2.05) is 0 Å². The number of aromatic nitrogens is 1. The van der Waals surface area contributed by atoms with Crippen LogP contribution in [0.25, 0.3) is 0 Å². The number of aliphatic hydroxyl groups is 1. The summed E-state index contributed by atoms with van der Waals surface area (Å²) in [5.41, 5.74) is -1.09. The molecule has 132 valence electrons. The van der Waals surface area contributed by atoms with Gasteiger partial charge < -0.3 is 15.0 Å². The number of nitrogens with one attached hydrogen (secondary N) is 1. The van der Waals surface area contributed by atoms with E-state index in [-0.39, 0.29) is 23.5 Å². The summed E-state index contributed by atoms with van der Waals surface area (Å²) >= 11 is 0. The number of carbonyl (C=O) groups excluding carboxylic acids is 1. The smallest absolute Gasteiger partial charge is 0.274 e. The maximum atomic E-state index is 12.4. The number of rotatable bonds is 5. The first kappa shape index (κ1) is 18.3. The number of nitrogens with zero attached hydrogens (tertiary/aromatic N) is 2. The van der Waals surface area contributed by atoms with Gasteiger partial charge in [-0.15, -0.1) is 0 Å². The van der Waals surface area contributed by atoms with E-state index in [2.05, 4.69) is 5.32 Å². The summed E-state index contributed by atoms with van der Waals surface area (Å²) in [6.07, 6.45) is 0. The Hall–Kier alpha value is -3.00. The van der Waals surface area contributed by atoms with Gasteiger partial charge in [-0.2, -0.15) is 0 Å². The molecule has 0 unspecified atom stereocenters. The highest BCUT2D eigenvalue weighted by molar-refractivity contribution is 5.97. The molecule has 0 aliphatic carbocycles. The predicted octanol–water partition coefficient (Wildman–Crippen LogP) is 1.76. The number of anilines is 1. The van der Waals surface area contributed by atoms with E-state index in [9.17, 15) is 24.8 Å². The van der Waals surface area contributed by atoms with Gasteiger partial charge in [0.05, 0.1) is 11.5 Å². The van der Waals surface area contributed by atoms with Crippen molar-refractivity contribution in [2.45, 2.75) is 32.9 Å². The Kier molecular flexibility index (Phi) is 5.03. The zero-order chi connectivity index (χ0) is 18.8. The molecule has 0 aliphatic heterocycles. The van der Waals surface area contributed by atoms with E-state index in [0.717, 1.165) is 0 Å². The first-order chi connectivity index (χ1) is 11.6. The molecule has 0 saturated heterocycles. The third-order valence-electron chi connectivity index (χ3n) is 3.89. The molecule has 1 atom stereocenters. The topological polar surface area (TPSA) is 114 Å². The number of carbonyl (C=O) groups is 1. The molecule has 2 rings (SSSR count). The average Bonchev–Trinajstić information content (AvgIpc) is 2.52. The maximum absolute atomic E-state index is 12.4. The highest BCUT2D eigenvalue weighted by Crippen LogP contribution is 2.23. The lowest BCUT2D eigenvalue weighted by Crippen LogP contribution is -2.46. The van der Waals surface area contributed by atoms with Crippen LogP contribution in [0.4, 0.5) is 11.4 Å². The number of hydrogen-bond acceptors (Lipinski definition) is 5. The van der Waals surface area contributed by atoms with Gasteiger partial charge in [-0.05, 0) is 32.9 Å². The quantitative estimate of drug-likeness (QED) is 0.633. The van der Waals surface area contributed by atoms with Gasteiger partial charge in [0.25, 0.3) is 17.2 Å². The van der Waals surface area contributed by atoms with Crippen LogP contribution in [0.5, 0.6) is 0 Å². The lowest BCUT2D eigenvalue weighted by atomic mass is 10.1. The molecular formula is C17H19N3O5. The fourth-order valence-electron chi connectivity index (χ4n) is 2.36. The number of hydrogen-bond donors (Lipinski definition) is 2. The number of nitro benzene ring substituents is 1. The van der Waals surface area contributed by atoms with Crippen molar-refractivity contribution in [3.63, 3.8) is 0 Å². The molecular weight excluding hydrogens is 326 g/mol. The minimum absolute atomic E-state index is 0.132. The molecule has 1 aromatic heterocycles. The van der Waals surface area contributed by atoms with Gasteiger partial charge in [0.2, 0.25) is 0 Å². The van der Waals surface area contributed by atoms with Crippen molar-refractivity contribution in [2.75, 3.05) is 5.32 Å². The minimum atomic E-state index is -1.88. The van der Waals surface area contributed by atoms with Crippen LogP contribution < -0.4 is 10.9 Å². The van der Waals surface area contributed by atoms with Crippen LogP contribution in [0.15, 0.2) is 41.2 Å². The van der Waals surface area contributed by atoms with Crippen molar-refractivity contribution in [1.29, 1.82) is 0 Å². The summed E-state index contributed by atoms with van der Waals surface area (Å²) in [6, 6.07) is 8.87. The van der Waals surface area contributed by atoms with Crippen LogP contribution in [0.1, 0.15) is 18.2 Å². The molecule has 0 aliphatic rings. The van der Waals surface area contributed by atoms with Crippen LogP contribution in [0.2, 0.25) is 0 Å². The van der Waals surface area contributed by atoms with Gasteiger partial charge in [0.1, 0.15) is 0 Å². The second-order valence-electron chi connectivity index (χ2n) is 6.08. The average molecular weight is 345 g/mol. The van der Waals surface area contributed by atoms with Crippen molar-refractivity contribution in [3.8, 4) is 0 Å². The number of benzene rings is 1. The van der Waals surface area contributed by atoms with Gasteiger partial charge in [0, 0.05) is 29.1 Å². The van der Waals surface area contributed by atoms with Gasteiger partial charge >= 0.3 is 0 Å². The molecule has 1 heterocycles. The van der Waals surface area contributed by atoms with E-state index >= 15 is 0 Å². The molecule has 0 saturated carbocycles. The number of amides is 1. The molecule has 0 bridgehead atoms. The molecule has 8 heteroatoms. The van der Waals surface area contributed by atoms with Crippen LogP contribution in [-0.2, 0) is 11.3 Å². The molecule has 1 amide bonds. The Morgan fingerprint density at radius 3 is 2.60 bits per heavy atom. The highest BCUT2D eigenvalue weighted by Gasteiger charge is 2.32. The Balaban J connectivity index is 2.23. The summed E-state index contributed by atoms with van der Waals surface area (Å²) in [7, 11) is 0. The summed E-state index contributed by atoms with van der Waals surface area (Å²) < 4.78 is 1.29. The maximum Gasteiger partial charge on any atom is 0.274 e. The molecule has 0 radical (unpaired) electrons. The monoisotopic (exact) mass is 345 g/mol. The van der Waals surface area contributed by atoms with Crippen molar-refractivity contribution in [3.05, 3.63) is 68.1 Å². The zero-order valence-corrected chi connectivity index (χ0v) is 14.1. The largest absolute Gasteiger partial charge is 0.378 e. The second kappa shape index (κ2) is 6.86. The fraction of sp³-hybridized carbons (Fsp3) is 0.294. The number of aryl methyl sites for hydroxylation is 2. The summed E-state index contributed by atoms with van der Waals surface area (Å²) in [5.74, 6) is -0.763. The first-order valence-electron chi connectivity index (χ1n) is 7.57. The van der Waals surface area contributed by atoms with Gasteiger partial charge in [-0.3, -0.25) is 19.7 Å². The summed E-state index contributed by atoms with van der Waals surface area (Å²) in [4.78, 5) is 34.7. The molecule has 0 fully saturated rings. The molecule has 2 N–H and O–H groups in total. The number of pyridine rings is 1. The highest BCUT2D eigenvalue weighted by atomic mass is 16.6. The molecule has 2 aromatic rings. The lowest BCUT2D eigenvalue weighted by molar-refractivity contribution is -0.385. The Labute approximate surface area is 143 Å². The first-order valence-corrected chi connectivity index (χ1v) is 7.57. The van der Waals surface area contributed by atoms with Crippen molar-refractivity contribution in [1.82, 2.24) is 4.57 Å². The van der Waals surface area contributed by atoms with E-state index in [1.54, 1.807) is 26.0 Å². The second-order valence-corrected chi connectivity index (χ2v) is 6.08. The zero-order valence-electron chi connectivity index (χ0n) is 14.1. The van der Waals surface area contributed by atoms with Crippen LogP contribution in [0.3, 0.4) is 0 Å². The SMILES string of the molecule is Cc1ccc(NC(=O)[C@@](C)(O)Cn2c(C)cccc2=O)cc1[N+](=O)[O-]. The van der Waals surface area contributed by atoms with E-state index in [4.69, 9.17) is 0 Å². The molecule has 8 nitrogen and oxygen atoms in total. The predicted molar refractivity (Wildman–Crippen MR) is 92.5 cm³/mol. The fourth-order valence-corrected chi connectivity index (χ4v) is 2.36. The van der Waals surface area contributed by atoms with Crippen LogP contribution >= 0.6 is 0 Å². The molecule has 25 heavy (non-hydrogen) atoms. The Bertz CT molecular complexity index is 886. The molecule has 0 spiro atoms. The van der Waals surface area contributed by atoms with E-state index in [1.165, 1.54) is 35.8 Å². The van der Waals surface area contributed by atoms with E-state index in [0.29, 0.717) is 11.3 Å². The van der Waals surface area contributed by atoms with Crippen molar-refractivity contribution < 1.29 is 14.8 Å². The third-order valence-corrected chi connectivity index (χ3v) is 3.89. The number of nitro groups is 1. The van der Waals surface area contributed by atoms with Gasteiger partial charge in [-0.1, -0.05) is 12.1 Å². The summed E-state index contributed by atoms with van der Waals surface area (Å²) in [5, 5.41) is 23.9. The van der Waals surface area contributed by atoms with Crippen LogP contribution in [-0.4, -0.2) is 26.1 Å².